The molecule has 2 nitrogen and oxygen atoms in total. The Kier molecular flexibility index (Phi) is 2.32. The van der Waals surface area contributed by atoms with Crippen LogP contribution in [0, 0.1) is 5.92 Å². The lowest BCUT2D eigenvalue weighted by Gasteiger charge is -2.37. The van der Waals surface area contributed by atoms with Crippen LogP contribution in [0.1, 0.15) is 26.7 Å². The van der Waals surface area contributed by atoms with Gasteiger partial charge in [0.05, 0.1) is 0 Å². The largest absolute Gasteiger partial charge is 0.378 e. The van der Waals surface area contributed by atoms with Crippen molar-refractivity contribution >= 4 is 0 Å². The highest BCUT2D eigenvalue weighted by molar-refractivity contribution is 4.76. The van der Waals surface area contributed by atoms with Gasteiger partial charge < -0.3 is 5.11 Å². The van der Waals surface area contributed by atoms with Crippen LogP contribution in [0.5, 0.6) is 0 Å². The highest BCUT2D eigenvalue weighted by atomic mass is 16.3. The van der Waals surface area contributed by atoms with Crippen LogP contribution in [0.15, 0.2) is 0 Å². The number of hydrogen-bond donors (Lipinski definition) is 1. The summed E-state index contributed by atoms with van der Waals surface area (Å²) < 4.78 is 0. The molecule has 2 heteroatoms. The molecule has 0 aromatic carbocycles. The molecule has 1 fully saturated rings. The first-order valence-electron chi connectivity index (χ1n) is 4.01. The number of nitrogens with zero attached hydrogens (tertiary/aromatic N) is 1. The van der Waals surface area contributed by atoms with E-state index >= 15 is 0 Å². The Morgan fingerprint density at radius 2 is 1.90 bits per heavy atom. The Morgan fingerprint density at radius 1 is 1.30 bits per heavy atom. The zero-order valence-electron chi connectivity index (χ0n) is 7.04. The summed E-state index contributed by atoms with van der Waals surface area (Å²) in [6.07, 6.45) is 1.94. The Labute approximate surface area is 62.8 Å². The molecule has 1 saturated heterocycles. The van der Waals surface area contributed by atoms with Crippen LogP contribution >= 0.6 is 0 Å². The first-order chi connectivity index (χ1) is 4.61. The zero-order valence-corrected chi connectivity index (χ0v) is 7.04. The molecule has 0 saturated carbocycles. The topological polar surface area (TPSA) is 23.5 Å². The molecular weight excluding hydrogens is 126 g/mol. The van der Waals surface area contributed by atoms with Crippen molar-refractivity contribution < 1.29 is 5.11 Å². The molecule has 0 radical (unpaired) electrons. The molecule has 0 bridgehead atoms. The second-order valence-corrected chi connectivity index (χ2v) is 3.57. The van der Waals surface area contributed by atoms with Gasteiger partial charge in [-0.2, -0.15) is 0 Å². The van der Waals surface area contributed by atoms with Crippen LogP contribution in [0.2, 0.25) is 0 Å². The van der Waals surface area contributed by atoms with Gasteiger partial charge in [-0.05, 0) is 32.7 Å². The molecule has 1 rings (SSSR count). The summed E-state index contributed by atoms with van der Waals surface area (Å²) in [4.78, 5) is 2.04. The summed E-state index contributed by atoms with van der Waals surface area (Å²) in [5, 5.41) is 9.44. The van der Waals surface area contributed by atoms with Crippen LogP contribution in [-0.4, -0.2) is 29.3 Å². The maximum Gasteiger partial charge on any atom is 0.107 e. The molecule has 10 heavy (non-hydrogen) atoms. The Morgan fingerprint density at radius 3 is 2.40 bits per heavy atom. The minimum Gasteiger partial charge on any atom is -0.378 e. The van der Waals surface area contributed by atoms with Crippen molar-refractivity contribution in [1.82, 2.24) is 4.90 Å². The van der Waals surface area contributed by atoms with Crippen LogP contribution in [-0.2, 0) is 0 Å². The summed E-state index contributed by atoms with van der Waals surface area (Å²) in [6, 6.07) is 0.541. The van der Waals surface area contributed by atoms with E-state index in [9.17, 15) is 5.11 Å². The lowest BCUT2D eigenvalue weighted by atomic mass is 9.93. The molecule has 1 aliphatic rings. The third-order valence-electron chi connectivity index (χ3n) is 2.52. The van der Waals surface area contributed by atoms with Crippen LogP contribution in [0.4, 0.5) is 0 Å². The van der Waals surface area contributed by atoms with Gasteiger partial charge in [0.1, 0.15) is 6.23 Å². The van der Waals surface area contributed by atoms with Gasteiger partial charge in [0.15, 0.2) is 0 Å². The van der Waals surface area contributed by atoms with Crippen molar-refractivity contribution in [3.8, 4) is 0 Å². The van der Waals surface area contributed by atoms with Gasteiger partial charge in [-0.15, -0.1) is 0 Å². The molecule has 3 atom stereocenters. The second-order valence-electron chi connectivity index (χ2n) is 3.57. The van der Waals surface area contributed by atoms with E-state index in [0.717, 1.165) is 6.42 Å². The normalized spacial score (nSPS) is 43.8. The fourth-order valence-electron chi connectivity index (χ4n) is 1.66. The first kappa shape index (κ1) is 8.02. The van der Waals surface area contributed by atoms with E-state index in [4.69, 9.17) is 0 Å². The molecule has 1 heterocycles. The van der Waals surface area contributed by atoms with Gasteiger partial charge in [0.25, 0.3) is 0 Å². The number of piperidine rings is 1. The van der Waals surface area contributed by atoms with Gasteiger partial charge in [-0.25, -0.2) is 0 Å². The Hall–Kier alpha value is -0.0800. The van der Waals surface area contributed by atoms with E-state index in [1.54, 1.807) is 0 Å². The van der Waals surface area contributed by atoms with Gasteiger partial charge in [0.2, 0.25) is 0 Å². The number of aliphatic hydroxyl groups is 1. The summed E-state index contributed by atoms with van der Waals surface area (Å²) in [5.74, 6) is 0.682. The molecule has 60 valence electrons. The SMILES string of the molecule is C[C@@H]1C[C@@H](C)N(C)[C@@H](O)C1. The van der Waals surface area contributed by atoms with E-state index in [1.807, 2.05) is 11.9 Å². The highest BCUT2D eigenvalue weighted by Gasteiger charge is 2.26. The van der Waals surface area contributed by atoms with Crippen LogP contribution in [0.25, 0.3) is 0 Å². The second kappa shape index (κ2) is 2.89. The molecule has 1 aliphatic heterocycles. The van der Waals surface area contributed by atoms with Crippen LogP contribution < -0.4 is 0 Å². The van der Waals surface area contributed by atoms with E-state index < -0.39 is 0 Å². The van der Waals surface area contributed by atoms with Crippen molar-refractivity contribution in [1.29, 1.82) is 0 Å². The standard InChI is InChI=1S/C8H17NO/c1-6-4-7(2)9(3)8(10)5-6/h6-8,10H,4-5H2,1-3H3/t6-,7-,8+/m1/s1. The van der Waals surface area contributed by atoms with Gasteiger partial charge in [-0.3, -0.25) is 4.90 Å². The van der Waals surface area contributed by atoms with Crippen LogP contribution in [0.3, 0.4) is 0 Å². The summed E-state index contributed by atoms with van der Waals surface area (Å²) in [5.41, 5.74) is 0. The molecular formula is C8H17NO. The predicted octanol–water partition coefficient (Wildman–Crippen LogP) is 1.05. The molecule has 0 aliphatic carbocycles. The number of rotatable bonds is 0. The number of aliphatic hydroxyl groups excluding tert-OH is 1. The molecule has 1 N–H and O–H groups in total. The number of hydrogen-bond acceptors (Lipinski definition) is 2. The average Bonchev–Trinajstić information content (AvgIpc) is 1.82. The maximum atomic E-state index is 9.44. The molecule has 0 spiro atoms. The minimum atomic E-state index is -0.209. The Bertz CT molecular complexity index is 104. The van der Waals surface area contributed by atoms with Crippen molar-refractivity contribution in [3.63, 3.8) is 0 Å². The van der Waals surface area contributed by atoms with Gasteiger partial charge in [-0.1, -0.05) is 6.92 Å². The fraction of sp³-hybridized carbons (Fsp3) is 1.00. The van der Waals surface area contributed by atoms with Crippen molar-refractivity contribution in [2.45, 2.75) is 39.0 Å². The molecule has 0 aromatic heterocycles. The lowest BCUT2D eigenvalue weighted by molar-refractivity contribution is -0.0504. The predicted molar refractivity (Wildman–Crippen MR) is 41.6 cm³/mol. The average molecular weight is 143 g/mol. The zero-order chi connectivity index (χ0) is 7.72. The van der Waals surface area contributed by atoms with Crippen molar-refractivity contribution in [2.75, 3.05) is 7.05 Å². The van der Waals surface area contributed by atoms with Crippen molar-refractivity contribution in [3.05, 3.63) is 0 Å². The minimum absolute atomic E-state index is 0.209. The molecule has 0 unspecified atom stereocenters. The van der Waals surface area contributed by atoms with E-state index in [2.05, 4.69) is 13.8 Å². The Balaban J connectivity index is 2.49. The molecule has 0 amide bonds. The summed E-state index contributed by atoms with van der Waals surface area (Å²) in [7, 11) is 1.99. The van der Waals surface area contributed by atoms with E-state index in [0.29, 0.717) is 12.0 Å². The lowest BCUT2D eigenvalue weighted by Crippen LogP contribution is -2.44. The fourth-order valence-corrected chi connectivity index (χ4v) is 1.66. The number of likely N-dealkylation sites (tertiary alicyclic amines) is 1. The maximum absolute atomic E-state index is 9.44. The third kappa shape index (κ3) is 1.50. The van der Waals surface area contributed by atoms with Gasteiger partial charge >= 0.3 is 0 Å². The first-order valence-corrected chi connectivity index (χ1v) is 4.01. The summed E-state index contributed by atoms with van der Waals surface area (Å²) >= 11 is 0. The summed E-state index contributed by atoms with van der Waals surface area (Å²) in [6.45, 7) is 4.37. The van der Waals surface area contributed by atoms with E-state index in [-0.39, 0.29) is 6.23 Å². The quantitative estimate of drug-likeness (QED) is 0.548. The monoisotopic (exact) mass is 143 g/mol. The molecule has 0 aromatic rings. The highest BCUT2D eigenvalue weighted by Crippen LogP contribution is 2.24. The van der Waals surface area contributed by atoms with Gasteiger partial charge in [0, 0.05) is 6.04 Å². The third-order valence-corrected chi connectivity index (χ3v) is 2.52. The van der Waals surface area contributed by atoms with Crippen molar-refractivity contribution in [2.24, 2.45) is 5.92 Å². The smallest absolute Gasteiger partial charge is 0.107 e. The van der Waals surface area contributed by atoms with E-state index in [1.165, 1.54) is 6.42 Å².